The molecule has 16 aliphatic rings. The molecule has 0 aromatic carbocycles. The van der Waals surface area contributed by atoms with E-state index in [1.54, 1.807) is 34.6 Å². The highest BCUT2D eigenvalue weighted by Gasteiger charge is 2.51. The Kier molecular flexibility index (Phi) is 16.4. The second-order valence-corrected chi connectivity index (χ2v) is 24.6. The highest BCUT2D eigenvalue weighted by Crippen LogP contribution is 2.60. The minimum atomic E-state index is -0.940. The Hall–Kier alpha value is 0. The Labute approximate surface area is 414 Å². The molecule has 63 heavy (non-hydrogen) atoms. The van der Waals surface area contributed by atoms with Gasteiger partial charge in [-0.15, -0.1) is 0 Å². The van der Waals surface area contributed by atoms with Crippen LogP contribution in [0.1, 0.15) is 303 Å². The van der Waals surface area contributed by atoms with Crippen LogP contribution in [0.2, 0.25) is 0 Å². The van der Waals surface area contributed by atoms with Crippen LogP contribution in [0.15, 0.2) is 0 Å². The summed E-state index contributed by atoms with van der Waals surface area (Å²) in [4.78, 5) is 0. The zero-order valence-corrected chi connectivity index (χ0v) is 43.5. The summed E-state index contributed by atoms with van der Waals surface area (Å²) in [6.45, 7) is 17.1. The van der Waals surface area contributed by atoms with Crippen molar-refractivity contribution in [3.05, 3.63) is 0 Å². The van der Waals surface area contributed by atoms with E-state index in [1.807, 2.05) is 0 Å². The van der Waals surface area contributed by atoms with Crippen molar-refractivity contribution >= 4 is 0 Å². The minimum Gasteiger partial charge on any atom is -0.0651 e. The van der Waals surface area contributed by atoms with Crippen LogP contribution in [0.5, 0.6) is 0 Å². The van der Waals surface area contributed by atoms with Gasteiger partial charge in [-0.05, 0) is 196 Å². The number of fused-ring (bicyclic) bond motifs is 4. The van der Waals surface area contributed by atoms with E-state index in [9.17, 15) is 0 Å². The predicted molar refractivity (Wildman–Crippen MR) is 279 cm³/mol. The predicted octanol–water partition coefficient (Wildman–Crippen LogP) is 20.6. The lowest BCUT2D eigenvalue weighted by atomic mass is 9.47. The fourth-order valence-corrected chi connectivity index (χ4v) is 16.1. The summed E-state index contributed by atoms with van der Waals surface area (Å²) in [7, 11) is 0. The fourth-order valence-electron chi connectivity index (χ4n) is 16.1. The van der Waals surface area contributed by atoms with Crippen molar-refractivity contribution in [1.82, 2.24) is 0 Å². The van der Waals surface area contributed by atoms with Crippen LogP contribution in [0, 0.1) is 112 Å². The van der Waals surface area contributed by atoms with Gasteiger partial charge < -0.3 is 0 Å². The van der Waals surface area contributed by atoms with Crippen LogP contribution in [-0.4, -0.2) is 0 Å². The minimum absolute atomic E-state index is 0.177. The molecule has 0 aliphatic heterocycles. The first-order valence-corrected chi connectivity index (χ1v) is 28.6. The van der Waals surface area contributed by atoms with Crippen molar-refractivity contribution in [3.63, 3.8) is 0 Å². The SMILES string of the molecule is [2H]C(C)(C)C1C2CC3CC(C2)CC1C3.[2H]C(C)(C)C1CC2CCC1CC2.[2H]C([2H])(C)C1C2CC1C2.[2H]C([2H])(C)C1CC2CC1C2.[2H]C([2H])(C)C1CCCC1.[2H]C([2H])(C)C1CCCCC1.[2H]C([2H])(C)C1CCCCCC1. The van der Waals surface area contributed by atoms with Gasteiger partial charge in [-0.1, -0.05) is 203 Å². The van der Waals surface area contributed by atoms with Crippen LogP contribution in [0.25, 0.3) is 0 Å². The Bertz CT molecular complexity index is 1600. The average Bonchev–Trinajstić information content (AvgIpc) is 3.99. The van der Waals surface area contributed by atoms with E-state index in [4.69, 9.17) is 16.4 Å². The van der Waals surface area contributed by atoms with Crippen molar-refractivity contribution in [2.45, 2.75) is 287 Å². The van der Waals surface area contributed by atoms with Gasteiger partial charge in [0.1, 0.15) is 0 Å². The fraction of sp³-hybridized carbons (Fsp3) is 1.00. The summed E-state index contributed by atoms with van der Waals surface area (Å²) in [5.74, 6) is 11.8. The maximum atomic E-state index is 8.31. The second kappa shape index (κ2) is 27.3. The Balaban J connectivity index is 0.000000143. The lowest BCUT2D eigenvalue weighted by Crippen LogP contribution is -2.49. The molecule has 0 nitrogen and oxygen atoms in total. The summed E-state index contributed by atoms with van der Waals surface area (Å²) in [6.07, 6.45) is 34.2. The van der Waals surface area contributed by atoms with Crippen LogP contribution in [-0.2, 0) is 0 Å². The lowest BCUT2D eigenvalue weighted by Gasteiger charge is -2.58. The summed E-state index contributed by atoms with van der Waals surface area (Å²) in [6, 6.07) is 0. The quantitative estimate of drug-likeness (QED) is 0.224. The van der Waals surface area contributed by atoms with Gasteiger partial charge in [0, 0.05) is 16.4 Å². The third kappa shape index (κ3) is 15.5. The Morgan fingerprint density at radius 2 is 0.762 bits per heavy atom. The molecule has 0 saturated heterocycles. The van der Waals surface area contributed by atoms with E-state index in [0.29, 0.717) is 35.5 Å². The van der Waals surface area contributed by atoms with Crippen molar-refractivity contribution in [2.75, 3.05) is 0 Å². The van der Waals surface area contributed by atoms with E-state index in [0.717, 1.165) is 110 Å². The zero-order chi connectivity index (χ0) is 55.5. The first-order chi connectivity index (χ1) is 34.6. The first-order valence-electron chi connectivity index (χ1n) is 34.6. The third-order valence-electron chi connectivity index (χ3n) is 20.1. The monoisotopic (exact) mass is 885 g/mol. The molecule has 0 heteroatoms. The van der Waals surface area contributed by atoms with Crippen LogP contribution in [0.3, 0.4) is 0 Å². The average molecular weight is 886 g/mol. The van der Waals surface area contributed by atoms with Crippen molar-refractivity contribution in [3.8, 4) is 0 Å². The molecular weight excluding hydrogens is 757 g/mol. The summed E-state index contributed by atoms with van der Waals surface area (Å²) in [5, 5.41) is 0. The second-order valence-electron chi connectivity index (χ2n) is 24.6. The smallest absolute Gasteiger partial charge is 0.0300 e. The van der Waals surface area contributed by atoms with Gasteiger partial charge in [-0.2, -0.15) is 0 Å². The maximum absolute atomic E-state index is 8.31. The van der Waals surface area contributed by atoms with E-state index < -0.39 is 31.9 Å². The Morgan fingerprint density at radius 3 is 1.02 bits per heavy atom. The molecule has 0 radical (unpaired) electrons. The summed E-state index contributed by atoms with van der Waals surface area (Å²) < 4.78 is 91.3. The Morgan fingerprint density at radius 1 is 0.349 bits per heavy atom. The highest BCUT2D eigenvalue weighted by atomic mass is 14.6. The maximum Gasteiger partial charge on any atom is 0.0300 e. The van der Waals surface area contributed by atoms with Gasteiger partial charge in [-0.3, -0.25) is 0 Å². The third-order valence-corrected chi connectivity index (χ3v) is 20.1. The van der Waals surface area contributed by atoms with Gasteiger partial charge in [0.15, 0.2) is 0 Å². The van der Waals surface area contributed by atoms with Gasteiger partial charge in [0.05, 0.1) is 0 Å². The molecular formula is C63H116. The molecule has 0 N–H and O–H groups in total. The molecule has 0 aromatic heterocycles. The number of hydrogen-bond acceptors (Lipinski definition) is 0. The van der Waals surface area contributed by atoms with E-state index in [1.165, 1.54) is 148 Å². The van der Waals surface area contributed by atoms with Gasteiger partial charge in [0.2, 0.25) is 0 Å². The molecule has 0 spiro atoms. The number of hydrogen-bond donors (Lipinski definition) is 0. The molecule has 2 atom stereocenters. The molecule has 16 saturated carbocycles. The van der Waals surface area contributed by atoms with Crippen LogP contribution < -0.4 is 0 Å². The highest BCUT2D eigenvalue weighted by molar-refractivity contribution is 5.01. The van der Waals surface area contributed by atoms with Crippen molar-refractivity contribution in [1.29, 1.82) is 0 Å². The molecule has 0 heterocycles. The topological polar surface area (TPSA) is 0 Å². The van der Waals surface area contributed by atoms with Gasteiger partial charge >= 0.3 is 0 Å². The van der Waals surface area contributed by atoms with Crippen molar-refractivity contribution < 1.29 is 16.4 Å². The van der Waals surface area contributed by atoms with Gasteiger partial charge in [-0.25, -0.2) is 0 Å². The summed E-state index contributed by atoms with van der Waals surface area (Å²) in [5.41, 5.74) is 0. The zero-order valence-electron chi connectivity index (χ0n) is 55.5. The van der Waals surface area contributed by atoms with E-state index >= 15 is 0 Å². The van der Waals surface area contributed by atoms with E-state index in [2.05, 4.69) is 27.7 Å². The van der Waals surface area contributed by atoms with Crippen LogP contribution >= 0.6 is 0 Å². The molecule has 2 unspecified atom stereocenters. The molecule has 16 fully saturated rings. The molecule has 16 rings (SSSR count). The normalized spacial score (nSPS) is 44.5. The molecule has 0 amide bonds. The van der Waals surface area contributed by atoms with Gasteiger partial charge in [0.25, 0.3) is 0 Å². The standard InChI is InChI=1S/C13H22.C11H20.C9H18.C8H14.C8H16.C7H12.C7H14/c1-8(2)13-11-4-9-3-10(6-11)7-12(13)5-9;1-8(2)11-7-9-3-5-10(11)6-4-9;1-2-9-7-5-3-4-6-8-9;1-2-7-3-6-4-8(7)5-6;1-2-8-6-4-3-5-7-8;1-2-7-5-3-6(7)4-5;1-2-7-5-3-4-6-7/h8-13H,3-7H2,1-2H3;8-11H,3-7H2,1-2H3;9H,2-8H2,1H3;6-8H,2-5H2,1H3;8H,2-7H2,1H3;5-7H,2-4H2,1H3;7H,2-6H2,1H3/i2*8D;5*2D2. The molecule has 10 bridgehead atoms. The lowest BCUT2D eigenvalue weighted by molar-refractivity contribution is -0.0819. The molecule has 368 valence electrons. The molecule has 0 aromatic rings. The largest absolute Gasteiger partial charge is 0.0651 e. The first kappa shape index (κ1) is 37.8. The van der Waals surface area contributed by atoms with Crippen molar-refractivity contribution in [2.24, 2.45) is 112 Å². The number of rotatable bonds is 7. The molecule has 16 aliphatic carbocycles. The van der Waals surface area contributed by atoms with Crippen LogP contribution in [0.4, 0.5) is 0 Å². The van der Waals surface area contributed by atoms with E-state index in [-0.39, 0.29) is 11.8 Å². The summed E-state index contributed by atoms with van der Waals surface area (Å²) >= 11 is 0.